The summed E-state index contributed by atoms with van der Waals surface area (Å²) in [7, 11) is 0. The van der Waals surface area contributed by atoms with Crippen LogP contribution in [0.15, 0.2) is 12.1 Å². The molecule has 4 heteroatoms. The minimum Gasteiger partial charge on any atom is -0.396 e. The maximum atomic E-state index is 9.00. The van der Waals surface area contributed by atoms with Gasteiger partial charge in [0, 0.05) is 12.6 Å². The van der Waals surface area contributed by atoms with Crippen molar-refractivity contribution in [2.45, 2.75) is 33.2 Å². The zero-order chi connectivity index (χ0) is 13.3. The number of pyridine rings is 1. The van der Waals surface area contributed by atoms with Gasteiger partial charge in [0.05, 0.1) is 5.69 Å². The Balaban J connectivity index is 2.33. The number of nitrogens with two attached hydrogens (primary N) is 1. The van der Waals surface area contributed by atoms with Gasteiger partial charge in [-0.3, -0.25) is 0 Å². The maximum absolute atomic E-state index is 9.00. The highest BCUT2D eigenvalue weighted by Crippen LogP contribution is 2.30. The van der Waals surface area contributed by atoms with Crippen LogP contribution in [-0.2, 0) is 0 Å². The number of anilines is 2. The van der Waals surface area contributed by atoms with Crippen molar-refractivity contribution in [2.24, 2.45) is 11.8 Å². The van der Waals surface area contributed by atoms with Crippen LogP contribution in [0, 0.1) is 23.2 Å². The number of hydrogen-bond acceptors (Lipinski definition) is 4. The van der Waals surface area contributed by atoms with Crippen molar-refractivity contribution < 1.29 is 0 Å². The van der Waals surface area contributed by atoms with Gasteiger partial charge in [-0.2, -0.15) is 5.26 Å². The summed E-state index contributed by atoms with van der Waals surface area (Å²) in [4.78, 5) is 6.66. The second-order valence-electron chi connectivity index (χ2n) is 5.43. The Hall–Kier alpha value is -1.76. The van der Waals surface area contributed by atoms with Crippen molar-refractivity contribution in [3.63, 3.8) is 0 Å². The number of piperidine rings is 1. The standard InChI is InChI=1S/C14H20N4/c1-9-6-10(2)11(3)18(8-9)14-5-4-12(16)13(7-15)17-14/h4-5,9-11H,6,8,16H2,1-3H3. The van der Waals surface area contributed by atoms with E-state index >= 15 is 0 Å². The molecular weight excluding hydrogens is 224 g/mol. The van der Waals surface area contributed by atoms with Crippen molar-refractivity contribution >= 4 is 11.5 Å². The molecular formula is C14H20N4. The summed E-state index contributed by atoms with van der Waals surface area (Å²) >= 11 is 0. The van der Waals surface area contributed by atoms with Crippen LogP contribution in [0.3, 0.4) is 0 Å². The summed E-state index contributed by atoms with van der Waals surface area (Å²) < 4.78 is 0. The molecule has 1 fully saturated rings. The Morgan fingerprint density at radius 1 is 1.39 bits per heavy atom. The van der Waals surface area contributed by atoms with E-state index in [-0.39, 0.29) is 0 Å². The number of rotatable bonds is 1. The first kappa shape index (κ1) is 12.7. The van der Waals surface area contributed by atoms with Gasteiger partial charge in [0.25, 0.3) is 0 Å². The fourth-order valence-corrected chi connectivity index (χ4v) is 2.73. The SMILES string of the molecule is CC1CC(C)C(C)N(c2ccc(N)c(C#N)n2)C1. The van der Waals surface area contributed by atoms with Gasteiger partial charge < -0.3 is 10.6 Å². The third kappa shape index (κ3) is 2.26. The van der Waals surface area contributed by atoms with Crippen LogP contribution < -0.4 is 10.6 Å². The van der Waals surface area contributed by atoms with Crippen molar-refractivity contribution in [3.8, 4) is 6.07 Å². The predicted octanol–water partition coefficient (Wildman–Crippen LogP) is 2.41. The second-order valence-corrected chi connectivity index (χ2v) is 5.43. The van der Waals surface area contributed by atoms with Gasteiger partial charge in [0.1, 0.15) is 11.9 Å². The van der Waals surface area contributed by atoms with Crippen LogP contribution in [0.5, 0.6) is 0 Å². The molecule has 0 radical (unpaired) electrons. The van der Waals surface area contributed by atoms with E-state index in [0.29, 0.717) is 29.3 Å². The molecule has 2 rings (SSSR count). The highest BCUT2D eigenvalue weighted by molar-refractivity contribution is 5.55. The lowest BCUT2D eigenvalue weighted by Crippen LogP contribution is -2.46. The highest BCUT2D eigenvalue weighted by Gasteiger charge is 2.29. The molecule has 3 atom stereocenters. The van der Waals surface area contributed by atoms with Crippen LogP contribution in [-0.4, -0.2) is 17.6 Å². The number of nitrogen functional groups attached to an aromatic ring is 1. The molecule has 2 N–H and O–H groups in total. The summed E-state index contributed by atoms with van der Waals surface area (Å²) in [6, 6.07) is 6.19. The van der Waals surface area contributed by atoms with Crippen molar-refractivity contribution in [1.29, 1.82) is 5.26 Å². The molecule has 96 valence electrons. The topological polar surface area (TPSA) is 65.9 Å². The van der Waals surface area contributed by atoms with E-state index in [9.17, 15) is 0 Å². The van der Waals surface area contributed by atoms with E-state index in [0.717, 1.165) is 12.4 Å². The Morgan fingerprint density at radius 2 is 2.11 bits per heavy atom. The van der Waals surface area contributed by atoms with E-state index in [4.69, 9.17) is 11.0 Å². The molecule has 0 aliphatic carbocycles. The largest absolute Gasteiger partial charge is 0.396 e. The van der Waals surface area contributed by atoms with Crippen LogP contribution in [0.4, 0.5) is 11.5 Å². The molecule has 0 spiro atoms. The van der Waals surface area contributed by atoms with Gasteiger partial charge in [-0.05, 0) is 37.3 Å². The van der Waals surface area contributed by atoms with Crippen molar-refractivity contribution in [2.75, 3.05) is 17.2 Å². The predicted molar refractivity (Wildman–Crippen MR) is 73.1 cm³/mol. The van der Waals surface area contributed by atoms with E-state index < -0.39 is 0 Å². The molecule has 0 aromatic carbocycles. The number of hydrogen-bond donors (Lipinski definition) is 1. The van der Waals surface area contributed by atoms with E-state index in [2.05, 4.69) is 30.7 Å². The van der Waals surface area contributed by atoms with Gasteiger partial charge in [0.2, 0.25) is 0 Å². The minimum absolute atomic E-state index is 0.325. The summed E-state index contributed by atoms with van der Waals surface area (Å²) in [6.07, 6.45) is 1.25. The Labute approximate surface area is 108 Å². The van der Waals surface area contributed by atoms with E-state index in [1.807, 2.05) is 12.1 Å². The molecule has 0 bridgehead atoms. The lowest BCUT2D eigenvalue weighted by molar-refractivity contribution is 0.295. The third-order valence-electron chi connectivity index (χ3n) is 3.91. The maximum Gasteiger partial charge on any atom is 0.165 e. The number of aromatic nitrogens is 1. The van der Waals surface area contributed by atoms with Crippen LogP contribution >= 0.6 is 0 Å². The van der Waals surface area contributed by atoms with E-state index in [1.54, 1.807) is 6.07 Å². The first-order valence-electron chi connectivity index (χ1n) is 6.46. The molecule has 1 saturated heterocycles. The molecule has 1 aliphatic heterocycles. The summed E-state index contributed by atoms with van der Waals surface area (Å²) in [5.74, 6) is 2.16. The number of nitrogens with zero attached hydrogens (tertiary/aromatic N) is 3. The smallest absolute Gasteiger partial charge is 0.165 e. The van der Waals surface area contributed by atoms with Crippen molar-refractivity contribution in [1.82, 2.24) is 4.98 Å². The summed E-state index contributed by atoms with van der Waals surface area (Å²) in [5.41, 5.74) is 6.49. The second kappa shape index (κ2) is 4.85. The molecule has 18 heavy (non-hydrogen) atoms. The van der Waals surface area contributed by atoms with E-state index in [1.165, 1.54) is 6.42 Å². The number of nitriles is 1. The van der Waals surface area contributed by atoms with Crippen LogP contribution in [0.25, 0.3) is 0 Å². The normalized spacial score (nSPS) is 27.9. The summed E-state index contributed by atoms with van der Waals surface area (Å²) in [5, 5.41) is 9.00. The molecule has 0 amide bonds. The Morgan fingerprint density at radius 3 is 2.78 bits per heavy atom. The molecule has 2 heterocycles. The molecule has 0 saturated carbocycles. The monoisotopic (exact) mass is 244 g/mol. The molecule has 1 aliphatic rings. The first-order chi connectivity index (χ1) is 8.52. The molecule has 3 unspecified atom stereocenters. The summed E-state index contributed by atoms with van der Waals surface area (Å²) in [6.45, 7) is 7.75. The Kier molecular flexibility index (Phi) is 3.42. The molecule has 1 aromatic heterocycles. The lowest BCUT2D eigenvalue weighted by atomic mass is 9.86. The highest BCUT2D eigenvalue weighted by atomic mass is 15.2. The lowest BCUT2D eigenvalue weighted by Gasteiger charge is -2.42. The van der Waals surface area contributed by atoms with Crippen LogP contribution in [0.2, 0.25) is 0 Å². The zero-order valence-electron chi connectivity index (χ0n) is 11.2. The van der Waals surface area contributed by atoms with Crippen LogP contribution in [0.1, 0.15) is 32.9 Å². The van der Waals surface area contributed by atoms with Gasteiger partial charge in [-0.25, -0.2) is 4.98 Å². The quantitative estimate of drug-likeness (QED) is 0.823. The third-order valence-corrected chi connectivity index (χ3v) is 3.91. The van der Waals surface area contributed by atoms with Gasteiger partial charge in [0.15, 0.2) is 5.69 Å². The molecule has 4 nitrogen and oxygen atoms in total. The molecule has 1 aromatic rings. The Bertz CT molecular complexity index is 477. The average Bonchev–Trinajstić information content (AvgIpc) is 2.34. The fraction of sp³-hybridized carbons (Fsp3) is 0.571. The first-order valence-corrected chi connectivity index (χ1v) is 6.46. The average molecular weight is 244 g/mol. The van der Waals surface area contributed by atoms with Gasteiger partial charge in [-0.15, -0.1) is 0 Å². The van der Waals surface area contributed by atoms with Gasteiger partial charge >= 0.3 is 0 Å². The minimum atomic E-state index is 0.325. The zero-order valence-corrected chi connectivity index (χ0v) is 11.2. The fourth-order valence-electron chi connectivity index (χ4n) is 2.73. The van der Waals surface area contributed by atoms with Gasteiger partial charge in [-0.1, -0.05) is 13.8 Å². The van der Waals surface area contributed by atoms with Crippen molar-refractivity contribution in [3.05, 3.63) is 17.8 Å².